The zero-order valence-corrected chi connectivity index (χ0v) is 15.2. The first kappa shape index (κ1) is 19.0. The van der Waals surface area contributed by atoms with Crippen molar-refractivity contribution in [3.8, 4) is 0 Å². The second-order valence-electron chi connectivity index (χ2n) is 6.91. The van der Waals surface area contributed by atoms with Crippen molar-refractivity contribution in [3.63, 3.8) is 0 Å². The zero-order valence-electron chi connectivity index (χ0n) is 15.2. The number of carbonyl (C=O) groups excluding carboxylic acids is 2. The lowest BCUT2D eigenvalue weighted by Crippen LogP contribution is -2.41. The molecule has 0 saturated carbocycles. The lowest BCUT2D eigenvalue weighted by Gasteiger charge is -2.32. The Kier molecular flexibility index (Phi) is 6.52. The van der Waals surface area contributed by atoms with Gasteiger partial charge in [0.2, 0.25) is 5.91 Å². The summed E-state index contributed by atoms with van der Waals surface area (Å²) in [6, 6.07) is 9.88. The van der Waals surface area contributed by atoms with Crippen LogP contribution in [0.25, 0.3) is 0 Å². The molecule has 27 heavy (non-hydrogen) atoms. The highest BCUT2D eigenvalue weighted by molar-refractivity contribution is 5.93. The van der Waals surface area contributed by atoms with Crippen molar-refractivity contribution >= 4 is 11.8 Å². The highest BCUT2D eigenvalue weighted by Gasteiger charge is 2.23. The van der Waals surface area contributed by atoms with Gasteiger partial charge in [-0.25, -0.2) is 4.39 Å². The summed E-state index contributed by atoms with van der Waals surface area (Å²) in [4.78, 5) is 30.3. The van der Waals surface area contributed by atoms with Crippen molar-refractivity contribution in [2.75, 3.05) is 19.6 Å². The van der Waals surface area contributed by atoms with Gasteiger partial charge in [-0.1, -0.05) is 12.1 Å². The monoisotopic (exact) mass is 369 g/mol. The van der Waals surface area contributed by atoms with Crippen molar-refractivity contribution in [1.29, 1.82) is 0 Å². The maximum Gasteiger partial charge on any atom is 0.255 e. The first-order valence-electron chi connectivity index (χ1n) is 9.32. The van der Waals surface area contributed by atoms with E-state index in [2.05, 4.69) is 10.3 Å². The molecule has 5 nitrogen and oxygen atoms in total. The summed E-state index contributed by atoms with van der Waals surface area (Å²) in [5.41, 5.74) is 1.44. The van der Waals surface area contributed by atoms with Gasteiger partial charge >= 0.3 is 0 Å². The summed E-state index contributed by atoms with van der Waals surface area (Å²) in [6.07, 6.45) is 5.86. The molecule has 0 aliphatic carbocycles. The molecule has 1 aromatic heterocycles. The molecule has 1 N–H and O–H groups in total. The van der Waals surface area contributed by atoms with Gasteiger partial charge in [0.25, 0.3) is 5.91 Å². The minimum atomic E-state index is -0.277. The maximum atomic E-state index is 13.1. The fraction of sp³-hybridized carbons (Fsp3) is 0.381. The number of nitrogens with one attached hydrogen (secondary N) is 1. The second-order valence-corrected chi connectivity index (χ2v) is 6.91. The number of rotatable bonds is 6. The number of aromatic nitrogens is 1. The smallest absolute Gasteiger partial charge is 0.255 e. The van der Waals surface area contributed by atoms with E-state index in [1.165, 1.54) is 12.1 Å². The van der Waals surface area contributed by atoms with Crippen molar-refractivity contribution in [1.82, 2.24) is 15.2 Å². The predicted molar refractivity (Wildman–Crippen MR) is 101 cm³/mol. The third-order valence-electron chi connectivity index (χ3n) is 4.93. The van der Waals surface area contributed by atoms with Crippen molar-refractivity contribution in [3.05, 3.63) is 65.7 Å². The van der Waals surface area contributed by atoms with Crippen LogP contribution in [0.4, 0.5) is 4.39 Å². The second kappa shape index (κ2) is 9.26. The van der Waals surface area contributed by atoms with E-state index in [0.29, 0.717) is 44.0 Å². The van der Waals surface area contributed by atoms with Gasteiger partial charge in [-0.2, -0.15) is 0 Å². The van der Waals surface area contributed by atoms with Gasteiger partial charge in [-0.3, -0.25) is 14.6 Å². The van der Waals surface area contributed by atoms with E-state index >= 15 is 0 Å². The molecule has 1 aromatic carbocycles. The minimum Gasteiger partial charge on any atom is -0.356 e. The summed E-state index contributed by atoms with van der Waals surface area (Å²) >= 11 is 0. The van der Waals surface area contributed by atoms with Crippen LogP contribution in [-0.2, 0) is 11.2 Å². The number of amides is 2. The number of benzene rings is 1. The molecule has 1 saturated heterocycles. The number of nitrogens with zero attached hydrogens (tertiary/aromatic N) is 2. The Morgan fingerprint density at radius 1 is 1.19 bits per heavy atom. The van der Waals surface area contributed by atoms with Gasteiger partial charge in [-0.15, -0.1) is 0 Å². The summed E-state index contributed by atoms with van der Waals surface area (Å²) < 4.78 is 13.1. The molecule has 2 amide bonds. The summed E-state index contributed by atoms with van der Waals surface area (Å²) in [7, 11) is 0. The van der Waals surface area contributed by atoms with E-state index in [1.807, 2.05) is 11.0 Å². The lowest BCUT2D eigenvalue weighted by molar-refractivity contribution is -0.121. The van der Waals surface area contributed by atoms with Gasteiger partial charge in [0.1, 0.15) is 5.82 Å². The van der Waals surface area contributed by atoms with Crippen LogP contribution in [0.5, 0.6) is 0 Å². The highest BCUT2D eigenvalue weighted by atomic mass is 19.1. The van der Waals surface area contributed by atoms with Crippen LogP contribution in [-0.4, -0.2) is 41.3 Å². The average Bonchev–Trinajstić information content (AvgIpc) is 2.71. The molecule has 3 rings (SSSR count). The maximum absolute atomic E-state index is 13.1. The minimum absolute atomic E-state index is 0.0145. The largest absolute Gasteiger partial charge is 0.356 e. The third-order valence-corrected chi connectivity index (χ3v) is 4.93. The molecule has 142 valence electrons. The Morgan fingerprint density at radius 2 is 2.00 bits per heavy atom. The van der Waals surface area contributed by atoms with E-state index < -0.39 is 0 Å². The molecule has 0 radical (unpaired) electrons. The quantitative estimate of drug-likeness (QED) is 0.852. The molecule has 1 aliphatic rings. The van der Waals surface area contributed by atoms with Gasteiger partial charge in [0.05, 0.1) is 5.56 Å². The van der Waals surface area contributed by atoms with Crippen LogP contribution in [0, 0.1) is 11.7 Å². The van der Waals surface area contributed by atoms with Gasteiger partial charge in [-0.05, 0) is 55.0 Å². The molecular weight excluding hydrogens is 345 g/mol. The number of piperidine rings is 1. The van der Waals surface area contributed by atoms with Crippen LogP contribution in [0.1, 0.15) is 35.2 Å². The standard InChI is InChI=1S/C21H24FN3O2/c22-19-5-1-3-16(13-19)6-7-20(26)24-14-17-8-11-25(12-9-17)21(27)18-4-2-10-23-15-18/h1-5,10,13,15,17H,6-9,11-12,14H2,(H,24,26). The molecule has 0 unspecified atom stereocenters. The summed E-state index contributed by atoms with van der Waals surface area (Å²) in [5, 5.41) is 2.97. The fourth-order valence-electron chi connectivity index (χ4n) is 3.31. The van der Waals surface area contributed by atoms with Crippen molar-refractivity contribution in [2.45, 2.75) is 25.7 Å². The van der Waals surface area contributed by atoms with E-state index in [4.69, 9.17) is 0 Å². The molecule has 0 bridgehead atoms. The molecule has 0 atom stereocenters. The van der Waals surface area contributed by atoms with Crippen LogP contribution >= 0.6 is 0 Å². The molecule has 0 spiro atoms. The van der Waals surface area contributed by atoms with Gasteiger partial charge in [0, 0.05) is 38.4 Å². The number of likely N-dealkylation sites (tertiary alicyclic amines) is 1. The number of pyridine rings is 1. The third kappa shape index (κ3) is 5.61. The lowest BCUT2D eigenvalue weighted by atomic mass is 9.96. The number of hydrogen-bond donors (Lipinski definition) is 1. The topological polar surface area (TPSA) is 62.3 Å². The molecule has 1 aliphatic heterocycles. The van der Waals surface area contributed by atoms with Gasteiger partial charge < -0.3 is 10.2 Å². The highest BCUT2D eigenvalue weighted by Crippen LogP contribution is 2.18. The van der Waals surface area contributed by atoms with Gasteiger partial charge in [0.15, 0.2) is 0 Å². The van der Waals surface area contributed by atoms with Crippen molar-refractivity contribution in [2.24, 2.45) is 5.92 Å². The summed E-state index contributed by atoms with van der Waals surface area (Å²) in [6.45, 7) is 2.01. The first-order valence-corrected chi connectivity index (χ1v) is 9.32. The van der Waals surface area contributed by atoms with E-state index in [9.17, 15) is 14.0 Å². The molecule has 2 aromatic rings. The summed E-state index contributed by atoms with van der Waals surface area (Å²) in [5.74, 6) is 0.0929. The first-order chi connectivity index (χ1) is 13.1. The average molecular weight is 369 g/mol. The van der Waals surface area contributed by atoms with E-state index in [-0.39, 0.29) is 17.6 Å². The Balaban J connectivity index is 1.37. The molecule has 1 fully saturated rings. The number of hydrogen-bond acceptors (Lipinski definition) is 3. The molecule has 2 heterocycles. The normalized spacial score (nSPS) is 14.8. The van der Waals surface area contributed by atoms with Crippen LogP contribution in [0.3, 0.4) is 0 Å². The molecule has 6 heteroatoms. The Morgan fingerprint density at radius 3 is 2.70 bits per heavy atom. The number of halogens is 1. The predicted octanol–water partition coefficient (Wildman–Crippen LogP) is 2.82. The number of carbonyl (C=O) groups is 2. The van der Waals surface area contributed by atoms with Crippen LogP contribution in [0.15, 0.2) is 48.8 Å². The van der Waals surface area contributed by atoms with Crippen molar-refractivity contribution < 1.29 is 14.0 Å². The fourth-order valence-corrected chi connectivity index (χ4v) is 3.31. The van der Waals surface area contributed by atoms with E-state index in [1.54, 1.807) is 30.6 Å². The van der Waals surface area contributed by atoms with E-state index in [0.717, 1.165) is 18.4 Å². The Hall–Kier alpha value is -2.76. The zero-order chi connectivity index (χ0) is 19.1. The Labute approximate surface area is 158 Å². The Bertz CT molecular complexity index is 774. The number of aryl methyl sites for hydroxylation is 1. The van der Waals surface area contributed by atoms with Crippen LogP contribution < -0.4 is 5.32 Å². The molecular formula is C21H24FN3O2. The van der Waals surface area contributed by atoms with Crippen LogP contribution in [0.2, 0.25) is 0 Å². The SMILES string of the molecule is O=C(CCc1cccc(F)c1)NCC1CCN(C(=O)c2cccnc2)CC1.